The van der Waals surface area contributed by atoms with Crippen LogP contribution in [0, 0.1) is 0 Å². The summed E-state index contributed by atoms with van der Waals surface area (Å²) >= 11 is 12.2. The van der Waals surface area contributed by atoms with Crippen molar-refractivity contribution in [2.24, 2.45) is 14.1 Å². The molecule has 160 valence electrons. The lowest BCUT2D eigenvalue weighted by atomic mass is 10.1. The molecular formula is C22H21Cl2N5O2. The highest BCUT2D eigenvalue weighted by atomic mass is 35.5. The topological polar surface area (TPSA) is 74.0 Å². The molecule has 0 unspecified atom stereocenters. The van der Waals surface area contributed by atoms with Gasteiger partial charge in [0.2, 0.25) is 0 Å². The second-order valence-corrected chi connectivity index (χ2v) is 7.97. The minimum Gasteiger partial charge on any atom is -0.444 e. The average molecular weight is 458 g/mol. The number of benzene rings is 2. The third-order valence-electron chi connectivity index (χ3n) is 5.04. The summed E-state index contributed by atoms with van der Waals surface area (Å²) in [4.78, 5) is 16.9. The van der Waals surface area contributed by atoms with Crippen molar-refractivity contribution in [3.8, 4) is 11.3 Å². The molecule has 31 heavy (non-hydrogen) atoms. The molecular weight excluding hydrogens is 437 g/mol. The Labute approximate surface area is 189 Å². The molecule has 7 nitrogen and oxygen atoms in total. The summed E-state index contributed by atoms with van der Waals surface area (Å²) < 4.78 is 9.00. The van der Waals surface area contributed by atoms with E-state index in [4.69, 9.17) is 27.9 Å². The van der Waals surface area contributed by atoms with Crippen LogP contribution in [0.4, 0.5) is 10.6 Å². The van der Waals surface area contributed by atoms with Crippen molar-refractivity contribution in [2.75, 3.05) is 5.32 Å². The largest absolute Gasteiger partial charge is 0.444 e. The molecule has 0 bridgehead atoms. The van der Waals surface area contributed by atoms with Gasteiger partial charge in [-0.1, -0.05) is 36.2 Å². The van der Waals surface area contributed by atoms with Crippen LogP contribution in [-0.4, -0.2) is 25.4 Å². The smallest absolute Gasteiger partial charge is 0.413 e. The van der Waals surface area contributed by atoms with Crippen LogP contribution in [-0.2, 0) is 31.9 Å². The zero-order valence-corrected chi connectivity index (χ0v) is 18.8. The summed E-state index contributed by atoms with van der Waals surface area (Å²) in [6.07, 6.45) is 0.278. The first-order valence-electron chi connectivity index (χ1n) is 9.73. The predicted molar refractivity (Wildman–Crippen MR) is 123 cm³/mol. The maximum absolute atomic E-state index is 12.3. The molecule has 0 fully saturated rings. The van der Waals surface area contributed by atoms with Gasteiger partial charge in [0.05, 0.1) is 21.7 Å². The maximum atomic E-state index is 12.3. The Hall–Kier alpha value is -3.03. The van der Waals surface area contributed by atoms with Crippen LogP contribution < -0.4 is 5.32 Å². The number of rotatable bonds is 5. The molecule has 0 radical (unpaired) electrons. The Morgan fingerprint density at radius 2 is 1.94 bits per heavy atom. The van der Waals surface area contributed by atoms with E-state index in [2.05, 4.69) is 26.9 Å². The summed E-state index contributed by atoms with van der Waals surface area (Å²) in [7, 11) is 3.72. The Kier molecular flexibility index (Phi) is 5.89. The number of carbonyl (C=O) groups is 1. The molecule has 0 saturated carbocycles. The number of ether oxygens (including phenoxy) is 1. The Morgan fingerprint density at radius 1 is 1.13 bits per heavy atom. The molecule has 0 saturated heterocycles. The Bertz CT molecular complexity index is 1280. The van der Waals surface area contributed by atoms with Crippen molar-refractivity contribution in [1.29, 1.82) is 0 Å². The van der Waals surface area contributed by atoms with Crippen LogP contribution >= 0.6 is 23.2 Å². The molecule has 0 aliphatic carbocycles. The van der Waals surface area contributed by atoms with Gasteiger partial charge in [0.25, 0.3) is 0 Å². The average Bonchev–Trinajstić information content (AvgIpc) is 3.25. The van der Waals surface area contributed by atoms with E-state index in [1.807, 2.05) is 25.2 Å². The molecule has 4 aromatic rings. The Balaban J connectivity index is 1.43. The van der Waals surface area contributed by atoms with E-state index >= 15 is 0 Å². The van der Waals surface area contributed by atoms with E-state index in [1.54, 1.807) is 36.0 Å². The van der Waals surface area contributed by atoms with E-state index in [1.165, 1.54) is 0 Å². The molecule has 4 rings (SSSR count). The number of hydrogen-bond donors (Lipinski definition) is 1. The van der Waals surface area contributed by atoms with Crippen molar-refractivity contribution in [2.45, 2.75) is 20.0 Å². The number of halogens is 2. The summed E-state index contributed by atoms with van der Waals surface area (Å²) in [6, 6.07) is 12.8. The lowest BCUT2D eigenvalue weighted by Crippen LogP contribution is -2.15. The fourth-order valence-corrected chi connectivity index (χ4v) is 3.91. The van der Waals surface area contributed by atoms with Crippen molar-refractivity contribution in [1.82, 2.24) is 19.3 Å². The number of hydrogen-bond acceptors (Lipinski definition) is 4. The predicted octanol–water partition coefficient (Wildman–Crippen LogP) is 5.59. The molecule has 9 heteroatoms. The lowest BCUT2D eigenvalue weighted by Gasteiger charge is -2.07. The fourth-order valence-electron chi connectivity index (χ4n) is 3.40. The van der Waals surface area contributed by atoms with Gasteiger partial charge in [-0.3, -0.25) is 10.00 Å². The number of nitrogens with one attached hydrogen (secondary N) is 1. The highest BCUT2D eigenvalue weighted by Gasteiger charge is 2.14. The minimum absolute atomic E-state index is 0.132. The van der Waals surface area contributed by atoms with Crippen molar-refractivity contribution in [3.63, 3.8) is 0 Å². The highest BCUT2D eigenvalue weighted by Crippen LogP contribution is 2.30. The van der Waals surface area contributed by atoms with E-state index in [0.29, 0.717) is 21.6 Å². The zero-order chi connectivity index (χ0) is 22.1. The van der Waals surface area contributed by atoms with E-state index < -0.39 is 6.09 Å². The molecule has 1 N–H and O–H groups in total. The third-order valence-corrected chi connectivity index (χ3v) is 5.59. The van der Waals surface area contributed by atoms with Crippen molar-refractivity contribution in [3.05, 3.63) is 63.9 Å². The second kappa shape index (κ2) is 8.61. The van der Waals surface area contributed by atoms with Crippen LogP contribution in [0.25, 0.3) is 22.3 Å². The number of fused-ring (bicyclic) bond motifs is 1. The van der Waals surface area contributed by atoms with Gasteiger partial charge in [0, 0.05) is 37.2 Å². The quantitative estimate of drug-likeness (QED) is 0.423. The van der Waals surface area contributed by atoms with Gasteiger partial charge in [-0.15, -0.1) is 0 Å². The first-order valence-corrected chi connectivity index (χ1v) is 10.5. The third kappa shape index (κ3) is 4.38. The first-order chi connectivity index (χ1) is 14.9. The van der Waals surface area contributed by atoms with Gasteiger partial charge < -0.3 is 9.30 Å². The SMILES string of the molecule is CCc1nc2cc(COC(=O)Nc3cc(-c4ccc(Cl)cc4Cl)nn3C)ccc2n1C. The number of anilines is 1. The first kappa shape index (κ1) is 21.2. The van der Waals surface area contributed by atoms with Crippen LogP contribution in [0.3, 0.4) is 0 Å². The van der Waals surface area contributed by atoms with Crippen molar-refractivity contribution < 1.29 is 9.53 Å². The van der Waals surface area contributed by atoms with Crippen LogP contribution in [0.15, 0.2) is 42.5 Å². The molecule has 1 amide bonds. The summed E-state index contributed by atoms with van der Waals surface area (Å²) in [5, 5.41) is 8.14. The molecule has 2 heterocycles. The summed E-state index contributed by atoms with van der Waals surface area (Å²) in [5.41, 5.74) is 4.14. The summed E-state index contributed by atoms with van der Waals surface area (Å²) in [5.74, 6) is 1.50. The van der Waals surface area contributed by atoms with Crippen LogP contribution in [0.5, 0.6) is 0 Å². The molecule has 0 atom stereocenters. The van der Waals surface area contributed by atoms with E-state index in [-0.39, 0.29) is 6.61 Å². The van der Waals surface area contributed by atoms with Gasteiger partial charge in [-0.25, -0.2) is 9.78 Å². The minimum atomic E-state index is -0.577. The molecule has 0 aliphatic rings. The number of aryl methyl sites for hydroxylation is 3. The number of nitrogens with zero attached hydrogens (tertiary/aromatic N) is 4. The number of amides is 1. The number of carbonyl (C=O) groups excluding carboxylic acids is 1. The standard InChI is InChI=1S/C22H21Cl2N5O2/c1-4-20-25-18-9-13(5-8-19(18)28(20)2)12-31-22(30)26-21-11-17(27-29(21)3)15-7-6-14(23)10-16(15)24/h5-11H,4,12H2,1-3H3,(H,26,30). The molecule has 0 spiro atoms. The van der Waals surface area contributed by atoms with Gasteiger partial charge in [-0.2, -0.15) is 5.10 Å². The molecule has 2 aromatic carbocycles. The van der Waals surface area contributed by atoms with Crippen LogP contribution in [0.1, 0.15) is 18.3 Å². The zero-order valence-electron chi connectivity index (χ0n) is 17.3. The van der Waals surface area contributed by atoms with E-state index in [9.17, 15) is 4.79 Å². The van der Waals surface area contributed by atoms with Gasteiger partial charge in [0.1, 0.15) is 18.2 Å². The summed E-state index contributed by atoms with van der Waals surface area (Å²) in [6.45, 7) is 2.20. The number of aromatic nitrogens is 4. The number of imidazole rings is 1. The Morgan fingerprint density at radius 3 is 2.68 bits per heavy atom. The maximum Gasteiger partial charge on any atom is 0.413 e. The van der Waals surface area contributed by atoms with Crippen LogP contribution in [0.2, 0.25) is 10.0 Å². The second-order valence-electron chi connectivity index (χ2n) is 7.13. The molecule has 2 aromatic heterocycles. The normalized spacial score (nSPS) is 11.1. The fraction of sp³-hybridized carbons (Fsp3) is 0.227. The van der Waals surface area contributed by atoms with Gasteiger partial charge in [-0.05, 0) is 35.9 Å². The molecule has 0 aliphatic heterocycles. The van der Waals surface area contributed by atoms with E-state index in [0.717, 1.165) is 34.4 Å². The van der Waals surface area contributed by atoms with Gasteiger partial charge >= 0.3 is 6.09 Å². The lowest BCUT2D eigenvalue weighted by molar-refractivity contribution is 0.155. The van der Waals surface area contributed by atoms with Crippen molar-refractivity contribution >= 4 is 46.1 Å². The van der Waals surface area contributed by atoms with Gasteiger partial charge in [0.15, 0.2) is 0 Å². The highest BCUT2D eigenvalue weighted by molar-refractivity contribution is 6.36. The monoisotopic (exact) mass is 457 g/mol.